The monoisotopic (exact) mass is 295 g/mol. The lowest BCUT2D eigenvalue weighted by atomic mass is 10.1. The molecule has 0 spiro atoms. The Labute approximate surface area is 128 Å². The first kappa shape index (κ1) is 12.7. The summed E-state index contributed by atoms with van der Waals surface area (Å²) in [5.41, 5.74) is 5.34. The number of ether oxygens (including phenoxy) is 1. The Morgan fingerprint density at radius 1 is 1.19 bits per heavy atom. The molecule has 2 aromatic heterocycles. The Hall–Kier alpha value is -2.00. The number of benzene rings is 1. The molecule has 1 aromatic carbocycles. The van der Waals surface area contributed by atoms with Crippen LogP contribution in [0.15, 0.2) is 48.0 Å². The summed E-state index contributed by atoms with van der Waals surface area (Å²) in [5, 5.41) is 2.27. The van der Waals surface area contributed by atoms with E-state index in [-0.39, 0.29) is 0 Å². The summed E-state index contributed by atoms with van der Waals surface area (Å²) >= 11 is 1.86. The Kier molecular flexibility index (Phi) is 3.08. The Morgan fingerprint density at radius 2 is 2.05 bits per heavy atom. The molecule has 0 unspecified atom stereocenters. The van der Waals surface area contributed by atoms with Crippen molar-refractivity contribution in [3.63, 3.8) is 0 Å². The average molecular weight is 295 g/mol. The van der Waals surface area contributed by atoms with Gasteiger partial charge in [0.05, 0.1) is 12.3 Å². The van der Waals surface area contributed by atoms with Gasteiger partial charge in [0.15, 0.2) is 0 Å². The molecule has 0 radical (unpaired) electrons. The largest absolute Gasteiger partial charge is 0.494 e. The number of hydrogen-bond acceptors (Lipinski definition) is 2. The summed E-state index contributed by atoms with van der Waals surface area (Å²) in [5.74, 6) is 0.953. The number of thiophene rings is 1. The lowest BCUT2D eigenvalue weighted by Crippen LogP contribution is -1.94. The highest BCUT2D eigenvalue weighted by molar-refractivity contribution is 7.11. The van der Waals surface area contributed by atoms with E-state index in [1.807, 2.05) is 11.3 Å². The second-order valence-corrected chi connectivity index (χ2v) is 6.30. The molecule has 4 rings (SSSR count). The average Bonchev–Trinajstić information content (AvgIpc) is 3.17. The van der Waals surface area contributed by atoms with Crippen LogP contribution in [0.5, 0.6) is 5.75 Å². The van der Waals surface area contributed by atoms with Crippen LogP contribution in [0.1, 0.15) is 23.9 Å². The van der Waals surface area contributed by atoms with Crippen molar-refractivity contribution < 1.29 is 4.74 Å². The zero-order valence-electron chi connectivity index (χ0n) is 12.0. The van der Waals surface area contributed by atoms with Gasteiger partial charge in [0.1, 0.15) is 5.75 Å². The molecule has 2 nitrogen and oxygen atoms in total. The fourth-order valence-corrected chi connectivity index (χ4v) is 3.94. The molecule has 0 atom stereocenters. The molecule has 21 heavy (non-hydrogen) atoms. The first-order chi connectivity index (χ1) is 10.4. The van der Waals surface area contributed by atoms with Gasteiger partial charge in [0.2, 0.25) is 0 Å². The zero-order valence-corrected chi connectivity index (χ0v) is 12.8. The molecule has 0 saturated carbocycles. The molecular weight excluding hydrogens is 278 g/mol. The maximum atomic E-state index is 5.66. The fourth-order valence-electron chi connectivity index (χ4n) is 2.88. The van der Waals surface area contributed by atoms with Gasteiger partial charge in [0, 0.05) is 34.1 Å². The minimum Gasteiger partial charge on any atom is -0.494 e. The standard InChI is InChI=1S/C18H17NOS/c1-2-10-20-15-7-5-13(6-8-15)16-12-21-17-11-14-4-3-9-19(14)18(16)17/h3-9,12H,2,10-11H2,1H3. The minimum absolute atomic E-state index is 0.778. The van der Waals surface area contributed by atoms with Crippen LogP contribution >= 0.6 is 11.3 Å². The molecule has 0 aliphatic carbocycles. The third kappa shape index (κ3) is 2.09. The third-order valence-electron chi connectivity index (χ3n) is 3.89. The van der Waals surface area contributed by atoms with E-state index in [1.54, 1.807) is 0 Å². The summed E-state index contributed by atoms with van der Waals surface area (Å²) in [6, 6.07) is 12.8. The number of nitrogens with zero attached hydrogens (tertiary/aromatic N) is 1. The van der Waals surface area contributed by atoms with Gasteiger partial charge in [-0.15, -0.1) is 11.3 Å². The van der Waals surface area contributed by atoms with Gasteiger partial charge in [-0.2, -0.15) is 0 Å². The molecule has 0 fully saturated rings. The second kappa shape index (κ2) is 5.08. The second-order valence-electron chi connectivity index (χ2n) is 5.34. The maximum absolute atomic E-state index is 5.66. The minimum atomic E-state index is 0.778. The molecule has 1 aliphatic rings. The van der Waals surface area contributed by atoms with Crippen molar-refractivity contribution in [3.8, 4) is 22.6 Å². The molecular formula is C18H17NOS. The normalized spacial score (nSPS) is 12.2. The highest BCUT2D eigenvalue weighted by atomic mass is 32.1. The van der Waals surface area contributed by atoms with Crippen molar-refractivity contribution in [2.24, 2.45) is 0 Å². The van der Waals surface area contributed by atoms with E-state index in [2.05, 4.69) is 59.5 Å². The van der Waals surface area contributed by atoms with Gasteiger partial charge in [0.25, 0.3) is 0 Å². The van der Waals surface area contributed by atoms with Crippen molar-refractivity contribution in [2.45, 2.75) is 19.8 Å². The van der Waals surface area contributed by atoms with Crippen LogP contribution in [0, 0.1) is 0 Å². The summed E-state index contributed by atoms with van der Waals surface area (Å²) < 4.78 is 7.98. The van der Waals surface area contributed by atoms with Crippen molar-refractivity contribution in [1.82, 2.24) is 4.57 Å². The molecule has 3 heterocycles. The Bertz CT molecular complexity index is 767. The number of hydrogen-bond donors (Lipinski definition) is 0. The van der Waals surface area contributed by atoms with Crippen LogP contribution in [0.3, 0.4) is 0 Å². The predicted octanol–water partition coefficient (Wildman–Crippen LogP) is 4.90. The van der Waals surface area contributed by atoms with E-state index in [0.29, 0.717) is 0 Å². The number of aromatic nitrogens is 1. The molecule has 0 N–H and O–H groups in total. The number of rotatable bonds is 4. The highest BCUT2D eigenvalue weighted by Crippen LogP contribution is 2.41. The quantitative estimate of drug-likeness (QED) is 0.522. The van der Waals surface area contributed by atoms with Crippen LogP contribution in [0.2, 0.25) is 0 Å². The summed E-state index contributed by atoms with van der Waals surface area (Å²) in [7, 11) is 0. The van der Waals surface area contributed by atoms with Gasteiger partial charge >= 0.3 is 0 Å². The van der Waals surface area contributed by atoms with Gasteiger partial charge in [-0.3, -0.25) is 0 Å². The van der Waals surface area contributed by atoms with Crippen LogP contribution < -0.4 is 4.74 Å². The van der Waals surface area contributed by atoms with E-state index < -0.39 is 0 Å². The van der Waals surface area contributed by atoms with E-state index in [9.17, 15) is 0 Å². The predicted molar refractivity (Wildman–Crippen MR) is 87.7 cm³/mol. The van der Waals surface area contributed by atoms with Gasteiger partial charge in [-0.05, 0) is 36.2 Å². The zero-order chi connectivity index (χ0) is 14.2. The van der Waals surface area contributed by atoms with Gasteiger partial charge < -0.3 is 9.30 Å². The SMILES string of the molecule is CCCOc1ccc(-c2csc3c2-n2cccc2C3)cc1. The lowest BCUT2D eigenvalue weighted by molar-refractivity contribution is 0.317. The van der Waals surface area contributed by atoms with E-state index in [4.69, 9.17) is 4.74 Å². The van der Waals surface area contributed by atoms with Crippen LogP contribution in [-0.4, -0.2) is 11.2 Å². The molecule has 0 saturated heterocycles. The van der Waals surface area contributed by atoms with Crippen LogP contribution in [0.4, 0.5) is 0 Å². The molecule has 106 valence electrons. The number of fused-ring (bicyclic) bond motifs is 3. The smallest absolute Gasteiger partial charge is 0.119 e. The lowest BCUT2D eigenvalue weighted by Gasteiger charge is -2.08. The van der Waals surface area contributed by atoms with Crippen LogP contribution in [0.25, 0.3) is 16.8 Å². The molecule has 1 aliphatic heterocycles. The highest BCUT2D eigenvalue weighted by Gasteiger charge is 2.23. The summed E-state index contributed by atoms with van der Waals surface area (Å²) in [4.78, 5) is 1.46. The summed E-state index contributed by atoms with van der Waals surface area (Å²) in [6.07, 6.45) is 4.26. The first-order valence-electron chi connectivity index (χ1n) is 7.37. The van der Waals surface area contributed by atoms with E-state index in [1.165, 1.54) is 27.4 Å². The third-order valence-corrected chi connectivity index (χ3v) is 4.87. The van der Waals surface area contributed by atoms with Crippen molar-refractivity contribution in [2.75, 3.05) is 6.61 Å². The Morgan fingerprint density at radius 3 is 2.86 bits per heavy atom. The van der Waals surface area contributed by atoms with Gasteiger partial charge in [-0.25, -0.2) is 0 Å². The van der Waals surface area contributed by atoms with E-state index in [0.717, 1.165) is 25.2 Å². The molecule has 3 heteroatoms. The molecule has 3 aromatic rings. The van der Waals surface area contributed by atoms with Crippen molar-refractivity contribution in [1.29, 1.82) is 0 Å². The van der Waals surface area contributed by atoms with Crippen LogP contribution in [-0.2, 0) is 6.42 Å². The molecule has 0 bridgehead atoms. The molecule has 0 amide bonds. The fraction of sp³-hybridized carbons (Fsp3) is 0.222. The van der Waals surface area contributed by atoms with E-state index >= 15 is 0 Å². The topological polar surface area (TPSA) is 14.2 Å². The van der Waals surface area contributed by atoms with Gasteiger partial charge in [-0.1, -0.05) is 19.1 Å². The summed E-state index contributed by atoms with van der Waals surface area (Å²) in [6.45, 7) is 2.90. The first-order valence-corrected chi connectivity index (χ1v) is 8.25. The maximum Gasteiger partial charge on any atom is 0.119 e. The van der Waals surface area contributed by atoms with Crippen molar-refractivity contribution >= 4 is 11.3 Å². The Balaban J connectivity index is 1.70. The van der Waals surface area contributed by atoms with Crippen molar-refractivity contribution in [3.05, 3.63) is 58.5 Å².